The number of morpholine rings is 1. The van der Waals surface area contributed by atoms with Gasteiger partial charge < -0.3 is 20.1 Å². The molecule has 0 atom stereocenters. The van der Waals surface area contributed by atoms with E-state index in [9.17, 15) is 4.79 Å². The number of Topliss-reactive ketones (excluding diaryl/α,β-unsaturated/α-hetero) is 1. The van der Waals surface area contributed by atoms with Crippen molar-refractivity contribution in [2.45, 2.75) is 26.9 Å². The van der Waals surface area contributed by atoms with Gasteiger partial charge in [0.2, 0.25) is 0 Å². The van der Waals surface area contributed by atoms with Crippen molar-refractivity contribution in [2.24, 2.45) is 0 Å². The molecule has 19 heavy (non-hydrogen) atoms. The minimum absolute atomic E-state index is 0.0179. The molecule has 1 aromatic rings. The quantitative estimate of drug-likeness (QED) is 0.858. The fraction of sp³-hybridized carbons (Fsp3) is 0.615. The zero-order chi connectivity index (χ0) is 14.0. The third-order valence-electron chi connectivity index (χ3n) is 2.85. The lowest BCUT2D eigenvalue weighted by molar-refractivity contribution is 0.102. The molecule has 0 amide bonds. The first-order valence-corrected chi connectivity index (χ1v) is 7.25. The van der Waals surface area contributed by atoms with Crippen LogP contribution in [0.3, 0.4) is 0 Å². The number of anilines is 2. The molecule has 2 N–H and O–H groups in total. The third-order valence-corrected chi connectivity index (χ3v) is 4.20. The first kappa shape index (κ1) is 14.1. The normalized spacial score (nSPS) is 15.9. The maximum Gasteiger partial charge on any atom is 0.177 e. The summed E-state index contributed by atoms with van der Waals surface area (Å²) in [6, 6.07) is 0. The zero-order valence-corrected chi connectivity index (χ0v) is 12.4. The molecule has 106 valence electrons. The molecule has 0 unspecified atom stereocenters. The highest BCUT2D eigenvalue weighted by Gasteiger charge is 2.25. The molecule has 1 fully saturated rings. The van der Waals surface area contributed by atoms with Crippen LogP contribution in [0.25, 0.3) is 0 Å². The Bertz CT molecular complexity index is 465. The molecule has 2 rings (SSSR count). The van der Waals surface area contributed by atoms with Crippen LogP contribution in [0.2, 0.25) is 0 Å². The second-order valence-corrected chi connectivity index (χ2v) is 5.80. The summed E-state index contributed by atoms with van der Waals surface area (Å²) in [7, 11) is 0. The number of hydrogen-bond acceptors (Lipinski definition) is 6. The highest BCUT2D eigenvalue weighted by molar-refractivity contribution is 7.19. The lowest BCUT2D eigenvalue weighted by Crippen LogP contribution is -2.36. The van der Waals surface area contributed by atoms with Crippen LogP contribution in [-0.2, 0) is 4.74 Å². The highest BCUT2D eigenvalue weighted by atomic mass is 32.1. The van der Waals surface area contributed by atoms with Crippen molar-refractivity contribution in [3.05, 3.63) is 4.88 Å². The van der Waals surface area contributed by atoms with E-state index in [0.29, 0.717) is 29.5 Å². The Morgan fingerprint density at radius 2 is 2.05 bits per heavy atom. The summed E-state index contributed by atoms with van der Waals surface area (Å²) in [4.78, 5) is 14.4. The maximum atomic E-state index is 11.6. The van der Waals surface area contributed by atoms with Crippen LogP contribution in [0.5, 0.6) is 5.75 Å². The van der Waals surface area contributed by atoms with Crippen LogP contribution in [0.1, 0.15) is 30.4 Å². The van der Waals surface area contributed by atoms with Gasteiger partial charge in [-0.2, -0.15) is 0 Å². The van der Waals surface area contributed by atoms with Crippen molar-refractivity contribution in [1.82, 2.24) is 0 Å². The Kier molecular flexibility index (Phi) is 4.31. The number of carbonyl (C=O) groups excluding carboxylic acids is 1. The van der Waals surface area contributed by atoms with Crippen LogP contribution in [0.4, 0.5) is 10.7 Å². The lowest BCUT2D eigenvalue weighted by Gasteiger charge is -2.28. The van der Waals surface area contributed by atoms with Crippen molar-refractivity contribution in [3.63, 3.8) is 0 Å². The molecular formula is C13H20N2O3S. The molecule has 1 aliphatic rings. The van der Waals surface area contributed by atoms with Gasteiger partial charge in [0.05, 0.1) is 29.9 Å². The van der Waals surface area contributed by atoms with Crippen molar-refractivity contribution >= 4 is 27.8 Å². The minimum Gasteiger partial charge on any atom is -0.486 e. The van der Waals surface area contributed by atoms with Gasteiger partial charge in [-0.1, -0.05) is 0 Å². The van der Waals surface area contributed by atoms with Gasteiger partial charge in [0.1, 0.15) is 5.00 Å². The molecule has 0 bridgehead atoms. The number of nitrogen functional groups attached to an aromatic ring is 1. The number of ketones is 1. The van der Waals surface area contributed by atoms with E-state index in [0.717, 1.165) is 18.1 Å². The fourth-order valence-electron chi connectivity index (χ4n) is 2.00. The number of carbonyl (C=O) groups is 1. The van der Waals surface area contributed by atoms with E-state index >= 15 is 0 Å². The molecule has 6 heteroatoms. The van der Waals surface area contributed by atoms with Crippen LogP contribution >= 0.6 is 11.3 Å². The molecule has 0 spiro atoms. The predicted molar refractivity (Wildman–Crippen MR) is 77.5 cm³/mol. The van der Waals surface area contributed by atoms with Crippen LogP contribution < -0.4 is 15.4 Å². The molecular weight excluding hydrogens is 264 g/mol. The summed E-state index contributed by atoms with van der Waals surface area (Å²) in [6.45, 7) is 8.41. The molecule has 0 aromatic carbocycles. The van der Waals surface area contributed by atoms with Gasteiger partial charge in [0, 0.05) is 20.0 Å². The van der Waals surface area contributed by atoms with E-state index in [4.69, 9.17) is 15.2 Å². The number of nitrogens with two attached hydrogens (primary N) is 1. The van der Waals surface area contributed by atoms with E-state index in [-0.39, 0.29) is 11.9 Å². The van der Waals surface area contributed by atoms with E-state index in [2.05, 4.69) is 4.90 Å². The number of thiophene rings is 1. The topological polar surface area (TPSA) is 64.8 Å². The summed E-state index contributed by atoms with van der Waals surface area (Å²) in [6.07, 6.45) is 0.0245. The molecule has 0 radical (unpaired) electrons. The maximum absolute atomic E-state index is 11.6. The second kappa shape index (κ2) is 5.79. The molecule has 1 aliphatic heterocycles. The van der Waals surface area contributed by atoms with Gasteiger partial charge in [-0.25, -0.2) is 0 Å². The van der Waals surface area contributed by atoms with Crippen LogP contribution in [-0.4, -0.2) is 38.2 Å². The molecule has 1 saturated heterocycles. The summed E-state index contributed by atoms with van der Waals surface area (Å²) in [5, 5.41) is 0.944. The molecule has 0 aliphatic carbocycles. The van der Waals surface area contributed by atoms with Crippen molar-refractivity contribution in [1.29, 1.82) is 0 Å². The van der Waals surface area contributed by atoms with E-state index < -0.39 is 0 Å². The Morgan fingerprint density at radius 1 is 1.42 bits per heavy atom. The first-order valence-electron chi connectivity index (χ1n) is 6.43. The fourth-order valence-corrected chi connectivity index (χ4v) is 3.10. The number of rotatable bonds is 4. The summed E-state index contributed by atoms with van der Waals surface area (Å²) in [5.74, 6) is 0.628. The van der Waals surface area contributed by atoms with Gasteiger partial charge in [-0.05, 0) is 13.8 Å². The van der Waals surface area contributed by atoms with Crippen LogP contribution in [0, 0.1) is 0 Å². The number of hydrogen-bond donors (Lipinski definition) is 1. The third kappa shape index (κ3) is 3.01. The summed E-state index contributed by atoms with van der Waals surface area (Å²) in [5.41, 5.74) is 6.53. The van der Waals surface area contributed by atoms with Gasteiger partial charge >= 0.3 is 0 Å². The number of ether oxygens (including phenoxy) is 2. The van der Waals surface area contributed by atoms with Gasteiger partial charge in [0.15, 0.2) is 11.5 Å². The highest BCUT2D eigenvalue weighted by Crippen LogP contribution is 2.45. The standard InChI is InChI=1S/C13H20N2O3S/c1-8(2)18-11-10(14)12(9(3)16)19-13(11)15-4-6-17-7-5-15/h8H,4-7,14H2,1-3H3. The average molecular weight is 284 g/mol. The van der Waals surface area contributed by atoms with Crippen molar-refractivity contribution in [2.75, 3.05) is 36.9 Å². The summed E-state index contributed by atoms with van der Waals surface area (Å²) >= 11 is 1.41. The predicted octanol–water partition coefficient (Wildman–Crippen LogP) is 2.16. The molecule has 5 nitrogen and oxygen atoms in total. The van der Waals surface area contributed by atoms with Crippen molar-refractivity contribution in [3.8, 4) is 5.75 Å². The smallest absolute Gasteiger partial charge is 0.177 e. The molecule has 0 saturated carbocycles. The zero-order valence-electron chi connectivity index (χ0n) is 11.6. The Hall–Kier alpha value is -1.27. The SMILES string of the molecule is CC(=O)c1sc(N2CCOCC2)c(OC(C)C)c1N. The monoisotopic (exact) mass is 284 g/mol. The van der Waals surface area contributed by atoms with Gasteiger partial charge in [0.25, 0.3) is 0 Å². The minimum atomic E-state index is -0.0179. The first-order chi connectivity index (χ1) is 9.00. The van der Waals surface area contributed by atoms with Crippen LogP contribution in [0.15, 0.2) is 0 Å². The Morgan fingerprint density at radius 3 is 2.58 bits per heavy atom. The van der Waals surface area contributed by atoms with Gasteiger partial charge in [-0.3, -0.25) is 4.79 Å². The summed E-state index contributed by atoms with van der Waals surface area (Å²) < 4.78 is 11.2. The van der Waals surface area contributed by atoms with E-state index in [1.54, 1.807) is 0 Å². The molecule has 1 aromatic heterocycles. The van der Waals surface area contributed by atoms with E-state index in [1.807, 2.05) is 13.8 Å². The average Bonchev–Trinajstić information content (AvgIpc) is 2.68. The second-order valence-electron chi connectivity index (χ2n) is 4.80. The van der Waals surface area contributed by atoms with Gasteiger partial charge in [-0.15, -0.1) is 11.3 Å². The lowest BCUT2D eigenvalue weighted by atomic mass is 10.3. The Labute approximate surface area is 117 Å². The van der Waals surface area contributed by atoms with E-state index in [1.165, 1.54) is 18.3 Å². The van der Waals surface area contributed by atoms with Crippen molar-refractivity contribution < 1.29 is 14.3 Å². The largest absolute Gasteiger partial charge is 0.486 e. The number of nitrogens with zero attached hydrogens (tertiary/aromatic N) is 1. The Balaban J connectivity index is 2.38. The molecule has 2 heterocycles.